The number of nitrogens with zero attached hydrogens (tertiary/aromatic N) is 1. The van der Waals surface area contributed by atoms with Crippen molar-refractivity contribution in [2.45, 2.75) is 71.6 Å². The number of rotatable bonds is 13. The summed E-state index contributed by atoms with van der Waals surface area (Å²) in [5.74, 6) is -1.08. The van der Waals surface area contributed by atoms with Crippen molar-refractivity contribution >= 4 is 23.4 Å². The molecule has 0 fully saturated rings. The van der Waals surface area contributed by atoms with Crippen molar-refractivity contribution in [3.05, 3.63) is 42.0 Å². The summed E-state index contributed by atoms with van der Waals surface area (Å²) in [6.07, 6.45) is 5.68. The van der Waals surface area contributed by atoms with E-state index in [1.54, 1.807) is 24.3 Å². The Morgan fingerprint density at radius 2 is 1.52 bits per heavy atom. The lowest BCUT2D eigenvalue weighted by atomic mass is 9.95. The Hall–Kier alpha value is -2.55. The highest BCUT2D eigenvalue weighted by atomic mass is 16.2. The van der Waals surface area contributed by atoms with Crippen LogP contribution in [0.25, 0.3) is 0 Å². The maximum absolute atomic E-state index is 13.0. The van der Waals surface area contributed by atoms with Crippen molar-refractivity contribution in [2.75, 3.05) is 11.4 Å². The molecule has 170 valence electrons. The zero-order valence-electron chi connectivity index (χ0n) is 18.9. The van der Waals surface area contributed by atoms with Gasteiger partial charge in [-0.25, -0.2) is 10.3 Å². The van der Waals surface area contributed by atoms with Gasteiger partial charge < -0.3 is 5.32 Å². The fraction of sp³-hybridized carbons (Fsp3) is 0.522. The van der Waals surface area contributed by atoms with Gasteiger partial charge in [0.05, 0.1) is 23.9 Å². The third-order valence-electron chi connectivity index (χ3n) is 5.27. The van der Waals surface area contributed by atoms with E-state index < -0.39 is 0 Å². The van der Waals surface area contributed by atoms with Crippen molar-refractivity contribution in [1.82, 2.24) is 21.5 Å². The van der Waals surface area contributed by atoms with Gasteiger partial charge in [-0.3, -0.25) is 25.1 Å². The van der Waals surface area contributed by atoms with Crippen LogP contribution in [0, 0.1) is 0 Å². The fourth-order valence-electron chi connectivity index (χ4n) is 3.44. The molecule has 1 heterocycles. The number of hydrogen-bond donors (Lipinski definition) is 4. The van der Waals surface area contributed by atoms with Gasteiger partial charge in [0.15, 0.2) is 0 Å². The Bertz CT molecular complexity index is 760. The molecule has 0 aliphatic carbocycles. The van der Waals surface area contributed by atoms with Crippen LogP contribution in [0.2, 0.25) is 0 Å². The monoisotopic (exact) mass is 429 g/mol. The molecule has 1 aromatic rings. The summed E-state index contributed by atoms with van der Waals surface area (Å²) in [5.41, 5.74) is 7.78. The Balaban J connectivity index is 2.01. The number of carbonyl (C=O) groups excluding carboxylic acids is 3. The van der Waals surface area contributed by atoms with Crippen LogP contribution in [-0.4, -0.2) is 36.6 Å². The second kappa shape index (κ2) is 12.3. The highest BCUT2D eigenvalue weighted by molar-refractivity contribution is 6.28. The fourth-order valence-corrected chi connectivity index (χ4v) is 3.44. The molecular formula is C23H35N5O3. The van der Waals surface area contributed by atoms with E-state index in [0.717, 1.165) is 36.3 Å². The van der Waals surface area contributed by atoms with Gasteiger partial charge in [-0.15, -0.1) is 0 Å². The smallest absolute Gasteiger partial charge is 0.258 e. The second-order valence-corrected chi connectivity index (χ2v) is 7.57. The zero-order chi connectivity index (χ0) is 22.8. The second-order valence-electron chi connectivity index (χ2n) is 7.57. The highest BCUT2D eigenvalue weighted by Crippen LogP contribution is 2.25. The van der Waals surface area contributed by atoms with E-state index in [2.05, 4.69) is 35.3 Å². The van der Waals surface area contributed by atoms with Gasteiger partial charge in [0, 0.05) is 18.7 Å². The predicted octanol–water partition coefficient (Wildman–Crippen LogP) is 2.29. The summed E-state index contributed by atoms with van der Waals surface area (Å²) < 4.78 is 0. The van der Waals surface area contributed by atoms with Gasteiger partial charge in [-0.1, -0.05) is 39.8 Å². The molecule has 4 N–H and O–H groups in total. The summed E-state index contributed by atoms with van der Waals surface area (Å²) >= 11 is 0. The van der Waals surface area contributed by atoms with Crippen LogP contribution in [0.3, 0.4) is 0 Å². The van der Waals surface area contributed by atoms with Crippen molar-refractivity contribution in [3.63, 3.8) is 0 Å². The predicted molar refractivity (Wildman–Crippen MR) is 122 cm³/mol. The molecule has 0 saturated carbocycles. The van der Waals surface area contributed by atoms with Crippen molar-refractivity contribution < 1.29 is 14.4 Å². The molecule has 3 unspecified atom stereocenters. The number of imide groups is 1. The zero-order valence-corrected chi connectivity index (χ0v) is 18.9. The maximum atomic E-state index is 13.0. The highest BCUT2D eigenvalue weighted by Gasteiger charge is 2.26. The van der Waals surface area contributed by atoms with Gasteiger partial charge in [-0.2, -0.15) is 0 Å². The number of carbonyl (C=O) groups is 3. The summed E-state index contributed by atoms with van der Waals surface area (Å²) in [6, 6.07) is 7.03. The van der Waals surface area contributed by atoms with E-state index in [1.807, 2.05) is 13.8 Å². The normalized spacial score (nSPS) is 16.5. The van der Waals surface area contributed by atoms with Crippen LogP contribution < -0.4 is 26.4 Å². The molecule has 1 aliphatic heterocycles. The first-order chi connectivity index (χ1) is 14.9. The number of nitrogens with one attached hydrogen (secondary N) is 4. The molecule has 3 atom stereocenters. The first-order valence-electron chi connectivity index (χ1n) is 11.2. The van der Waals surface area contributed by atoms with Crippen LogP contribution in [-0.2, 0) is 14.4 Å². The quantitative estimate of drug-likeness (QED) is 0.166. The minimum Gasteiger partial charge on any atom is -0.340 e. The van der Waals surface area contributed by atoms with E-state index >= 15 is 0 Å². The van der Waals surface area contributed by atoms with E-state index in [9.17, 15) is 14.4 Å². The first kappa shape index (κ1) is 24.7. The Morgan fingerprint density at radius 1 is 0.903 bits per heavy atom. The molecule has 1 aromatic carbocycles. The number of anilines is 1. The molecule has 0 saturated heterocycles. The van der Waals surface area contributed by atoms with E-state index in [-0.39, 0.29) is 36.0 Å². The van der Waals surface area contributed by atoms with E-state index in [1.165, 1.54) is 12.2 Å². The van der Waals surface area contributed by atoms with E-state index in [0.29, 0.717) is 12.1 Å². The molecule has 0 bridgehead atoms. The average molecular weight is 430 g/mol. The largest absolute Gasteiger partial charge is 0.340 e. The lowest BCUT2D eigenvalue weighted by Gasteiger charge is -2.28. The Labute approximate surface area is 184 Å². The van der Waals surface area contributed by atoms with Crippen LogP contribution in [0.4, 0.5) is 5.69 Å². The molecule has 3 amide bonds. The molecule has 31 heavy (non-hydrogen) atoms. The number of hydrogen-bond acceptors (Lipinski definition) is 6. The van der Waals surface area contributed by atoms with Crippen LogP contribution in [0.5, 0.6) is 0 Å². The molecule has 0 radical (unpaired) electrons. The van der Waals surface area contributed by atoms with Crippen molar-refractivity contribution in [1.29, 1.82) is 0 Å². The molecular weight excluding hydrogens is 394 g/mol. The number of benzene rings is 1. The van der Waals surface area contributed by atoms with Crippen LogP contribution in [0.1, 0.15) is 64.9 Å². The van der Waals surface area contributed by atoms with Gasteiger partial charge in [-0.05, 0) is 43.4 Å². The Morgan fingerprint density at radius 3 is 2.03 bits per heavy atom. The van der Waals surface area contributed by atoms with Crippen LogP contribution in [0.15, 0.2) is 36.4 Å². The topological polar surface area (TPSA) is 103 Å². The van der Waals surface area contributed by atoms with Gasteiger partial charge in [0.1, 0.15) is 0 Å². The lowest BCUT2D eigenvalue weighted by Crippen LogP contribution is -2.57. The molecule has 0 aromatic heterocycles. The minimum atomic E-state index is -0.355. The van der Waals surface area contributed by atoms with Gasteiger partial charge in [0.25, 0.3) is 11.8 Å². The Kier molecular flexibility index (Phi) is 9.84. The minimum absolute atomic E-state index is 0.0419. The lowest BCUT2D eigenvalue weighted by molar-refractivity contribution is -0.124. The maximum Gasteiger partial charge on any atom is 0.258 e. The van der Waals surface area contributed by atoms with E-state index in [4.69, 9.17) is 0 Å². The van der Waals surface area contributed by atoms with Crippen molar-refractivity contribution in [3.8, 4) is 0 Å². The molecule has 1 aliphatic rings. The summed E-state index contributed by atoms with van der Waals surface area (Å²) in [5, 5.41) is 6.54. The molecule has 8 heteroatoms. The van der Waals surface area contributed by atoms with Crippen molar-refractivity contribution in [2.24, 2.45) is 0 Å². The first-order valence-corrected chi connectivity index (χ1v) is 11.2. The molecule has 2 rings (SSSR count). The third-order valence-corrected chi connectivity index (χ3v) is 5.27. The van der Waals surface area contributed by atoms with Crippen LogP contribution >= 0.6 is 0 Å². The number of hydrazine groups is 1. The molecule has 0 spiro atoms. The number of amides is 3. The third kappa shape index (κ3) is 6.72. The molecule has 8 nitrogen and oxygen atoms in total. The standard InChI is InChI=1S/C23H35N5O3/c1-5-15-24-27-20(8-4)25-19(7-3)26-23(31)18(6-2)16-9-11-17(12-10-16)28-21(29)13-14-22(28)30/h9-14,18-20,24-25,27H,5-8,15H2,1-4H3,(H,26,31). The van der Waals surface area contributed by atoms with Gasteiger partial charge in [0.2, 0.25) is 5.91 Å². The van der Waals surface area contributed by atoms with Gasteiger partial charge >= 0.3 is 0 Å². The summed E-state index contributed by atoms with van der Waals surface area (Å²) in [7, 11) is 0. The SMILES string of the molecule is CCCNNC(CC)NC(CC)NC(=O)C(CC)c1ccc(N2C(=O)C=CC2=O)cc1. The summed E-state index contributed by atoms with van der Waals surface area (Å²) in [6.45, 7) is 9.05. The summed E-state index contributed by atoms with van der Waals surface area (Å²) in [4.78, 5) is 37.8. The average Bonchev–Trinajstić information content (AvgIpc) is 3.11.